The molecule has 1 saturated heterocycles. The first-order valence-electron chi connectivity index (χ1n) is 11.5. The Morgan fingerprint density at radius 3 is 2.75 bits per heavy atom. The van der Waals surface area contributed by atoms with Gasteiger partial charge in [-0.15, -0.1) is 5.10 Å². The van der Waals surface area contributed by atoms with Crippen LogP contribution in [0.15, 0.2) is 18.6 Å². The molecular weight excluding hydrogens is 408 g/mol. The standard InChI is InChI=1S/C22H32N8O2/c1-15-11-17(30-14-26-27-28-30)13-25-19(15)31-10-7-22(24)12-18(22)16-3-8-29(9-4-16)20(23)32-21(2)5-6-21/h11,13-14,16,18,23H,3-10,12,24H2,1-2H3. The molecule has 10 nitrogen and oxygen atoms in total. The minimum atomic E-state index is -0.140. The first-order valence-corrected chi connectivity index (χ1v) is 11.5. The van der Waals surface area contributed by atoms with Crippen LogP contribution in [0, 0.1) is 24.2 Å². The van der Waals surface area contributed by atoms with Crippen molar-refractivity contribution in [1.82, 2.24) is 30.1 Å². The number of piperidine rings is 1. The van der Waals surface area contributed by atoms with Crippen LogP contribution in [-0.2, 0) is 4.74 Å². The second-order valence-electron chi connectivity index (χ2n) is 9.89. The predicted octanol–water partition coefficient (Wildman–Crippen LogP) is 2.07. The van der Waals surface area contributed by atoms with Gasteiger partial charge in [0.1, 0.15) is 11.9 Å². The van der Waals surface area contributed by atoms with E-state index in [2.05, 4.69) is 32.3 Å². The molecule has 172 valence electrons. The number of hydrogen-bond acceptors (Lipinski definition) is 8. The number of nitrogens with two attached hydrogens (primary N) is 1. The number of tetrazole rings is 1. The fraction of sp³-hybridized carbons (Fsp3) is 0.682. The Morgan fingerprint density at radius 1 is 1.31 bits per heavy atom. The van der Waals surface area contributed by atoms with Crippen molar-refractivity contribution in [2.75, 3.05) is 19.7 Å². The van der Waals surface area contributed by atoms with Crippen LogP contribution in [0.4, 0.5) is 0 Å². The third-order valence-electron chi connectivity index (χ3n) is 7.31. The lowest BCUT2D eigenvalue weighted by molar-refractivity contribution is 0.121. The van der Waals surface area contributed by atoms with Gasteiger partial charge >= 0.3 is 0 Å². The summed E-state index contributed by atoms with van der Waals surface area (Å²) in [6.07, 6.45) is 9.39. The van der Waals surface area contributed by atoms with Crippen LogP contribution < -0.4 is 10.5 Å². The van der Waals surface area contributed by atoms with Gasteiger partial charge in [0.15, 0.2) is 0 Å². The summed E-state index contributed by atoms with van der Waals surface area (Å²) < 4.78 is 13.3. The Bertz CT molecular complexity index is 968. The number of nitrogens with one attached hydrogen (secondary N) is 1. The summed E-state index contributed by atoms with van der Waals surface area (Å²) in [5.74, 6) is 1.79. The molecule has 3 aliphatic rings. The van der Waals surface area contributed by atoms with Crippen LogP contribution in [0.25, 0.3) is 5.69 Å². The number of likely N-dealkylation sites (tertiary alicyclic amines) is 1. The van der Waals surface area contributed by atoms with Crippen molar-refractivity contribution >= 4 is 6.02 Å². The average Bonchev–Trinajstić information content (AvgIpc) is 3.58. The number of rotatable bonds is 7. The Labute approximate surface area is 188 Å². The van der Waals surface area contributed by atoms with Crippen LogP contribution in [0.3, 0.4) is 0 Å². The quantitative estimate of drug-likeness (QED) is 0.495. The van der Waals surface area contributed by atoms with Gasteiger partial charge in [0, 0.05) is 24.2 Å². The number of aromatic nitrogens is 5. The minimum Gasteiger partial charge on any atom is -0.477 e. The lowest BCUT2D eigenvalue weighted by Crippen LogP contribution is -2.42. The van der Waals surface area contributed by atoms with Crippen LogP contribution in [0.5, 0.6) is 5.88 Å². The Hall–Kier alpha value is -2.75. The van der Waals surface area contributed by atoms with E-state index < -0.39 is 0 Å². The zero-order valence-corrected chi connectivity index (χ0v) is 18.8. The molecule has 0 bridgehead atoms. The summed E-state index contributed by atoms with van der Waals surface area (Å²) in [4.78, 5) is 6.50. The molecule has 2 aromatic rings. The van der Waals surface area contributed by atoms with Crippen molar-refractivity contribution in [3.63, 3.8) is 0 Å². The molecule has 0 aromatic carbocycles. The maximum atomic E-state index is 8.23. The second-order valence-corrected chi connectivity index (χ2v) is 9.89. The van der Waals surface area contributed by atoms with E-state index in [-0.39, 0.29) is 11.1 Å². The van der Waals surface area contributed by atoms with Gasteiger partial charge < -0.3 is 20.1 Å². The molecule has 2 aromatic heterocycles. The van der Waals surface area contributed by atoms with Gasteiger partial charge in [0.2, 0.25) is 5.88 Å². The molecule has 2 aliphatic carbocycles. The SMILES string of the molecule is Cc1cc(-n2cnnn2)cnc1OCCC1(N)CC1C1CCN(C(=N)OC2(C)CC2)CC1. The highest BCUT2D eigenvalue weighted by Crippen LogP contribution is 2.51. The van der Waals surface area contributed by atoms with Crippen LogP contribution in [0.1, 0.15) is 51.0 Å². The van der Waals surface area contributed by atoms with E-state index in [1.165, 1.54) is 6.33 Å². The van der Waals surface area contributed by atoms with Crippen molar-refractivity contribution in [2.45, 2.75) is 63.5 Å². The normalized spacial score (nSPS) is 26.6. The topological polar surface area (TPSA) is 128 Å². The molecule has 2 unspecified atom stereocenters. The maximum Gasteiger partial charge on any atom is 0.284 e. The first-order chi connectivity index (χ1) is 15.4. The van der Waals surface area contributed by atoms with Gasteiger partial charge in [0.25, 0.3) is 6.02 Å². The zero-order valence-electron chi connectivity index (χ0n) is 18.8. The van der Waals surface area contributed by atoms with E-state index in [0.717, 1.165) is 62.9 Å². The molecular formula is C22H32N8O2. The number of amidine groups is 1. The smallest absolute Gasteiger partial charge is 0.284 e. The average molecular weight is 441 g/mol. The van der Waals surface area contributed by atoms with Gasteiger partial charge in [0.05, 0.1) is 18.5 Å². The predicted molar refractivity (Wildman–Crippen MR) is 118 cm³/mol. The number of ether oxygens (including phenoxy) is 2. The summed E-state index contributed by atoms with van der Waals surface area (Å²) >= 11 is 0. The Balaban J connectivity index is 1.07. The highest BCUT2D eigenvalue weighted by molar-refractivity contribution is 5.71. The molecule has 3 heterocycles. The van der Waals surface area contributed by atoms with Crippen LogP contribution in [-0.4, -0.2) is 66.9 Å². The first kappa shape index (κ1) is 21.1. The molecule has 3 N–H and O–H groups in total. The van der Waals surface area contributed by atoms with E-state index >= 15 is 0 Å². The van der Waals surface area contributed by atoms with E-state index in [4.69, 9.17) is 20.6 Å². The minimum absolute atomic E-state index is 0.0854. The largest absolute Gasteiger partial charge is 0.477 e. The molecule has 3 fully saturated rings. The fourth-order valence-electron chi connectivity index (χ4n) is 4.80. The van der Waals surface area contributed by atoms with Crippen molar-refractivity contribution in [3.05, 3.63) is 24.2 Å². The summed E-state index contributed by atoms with van der Waals surface area (Å²) in [6.45, 7) is 6.38. The molecule has 10 heteroatoms. The van der Waals surface area contributed by atoms with Crippen molar-refractivity contribution in [2.24, 2.45) is 17.6 Å². The maximum absolute atomic E-state index is 8.23. The van der Waals surface area contributed by atoms with E-state index in [1.807, 2.05) is 13.0 Å². The number of aryl methyl sites for hydroxylation is 1. The molecule has 2 atom stereocenters. The van der Waals surface area contributed by atoms with Crippen molar-refractivity contribution in [1.29, 1.82) is 5.41 Å². The second kappa shape index (κ2) is 7.99. The fourth-order valence-corrected chi connectivity index (χ4v) is 4.80. The Morgan fingerprint density at radius 2 is 2.09 bits per heavy atom. The number of hydrogen-bond donors (Lipinski definition) is 2. The summed E-state index contributed by atoms with van der Waals surface area (Å²) in [5, 5.41) is 19.4. The lowest BCUT2D eigenvalue weighted by atomic mass is 9.89. The number of nitrogens with zero attached hydrogens (tertiary/aromatic N) is 6. The van der Waals surface area contributed by atoms with E-state index in [0.29, 0.717) is 30.3 Å². The van der Waals surface area contributed by atoms with Crippen molar-refractivity contribution in [3.8, 4) is 11.6 Å². The summed E-state index contributed by atoms with van der Waals surface area (Å²) in [5.41, 5.74) is 8.20. The van der Waals surface area contributed by atoms with Gasteiger partial charge in [-0.1, -0.05) is 0 Å². The summed E-state index contributed by atoms with van der Waals surface area (Å²) in [6, 6.07) is 2.30. The summed E-state index contributed by atoms with van der Waals surface area (Å²) in [7, 11) is 0. The van der Waals surface area contributed by atoms with Gasteiger partial charge in [-0.3, -0.25) is 5.41 Å². The lowest BCUT2D eigenvalue weighted by Gasteiger charge is -2.34. The molecule has 0 amide bonds. The van der Waals surface area contributed by atoms with Crippen molar-refractivity contribution < 1.29 is 9.47 Å². The monoisotopic (exact) mass is 440 g/mol. The third kappa shape index (κ3) is 4.41. The number of pyridine rings is 1. The van der Waals surface area contributed by atoms with Gasteiger partial charge in [-0.25, -0.2) is 4.98 Å². The van der Waals surface area contributed by atoms with Gasteiger partial charge in [-0.2, -0.15) is 4.68 Å². The van der Waals surface area contributed by atoms with E-state index in [9.17, 15) is 0 Å². The highest BCUT2D eigenvalue weighted by Gasteiger charge is 2.54. The third-order valence-corrected chi connectivity index (χ3v) is 7.31. The highest BCUT2D eigenvalue weighted by atomic mass is 16.5. The molecule has 0 radical (unpaired) electrons. The molecule has 32 heavy (non-hydrogen) atoms. The molecule has 5 rings (SSSR count). The van der Waals surface area contributed by atoms with Crippen LogP contribution in [0.2, 0.25) is 0 Å². The van der Waals surface area contributed by atoms with Gasteiger partial charge in [-0.05, 0) is 80.7 Å². The van der Waals surface area contributed by atoms with Crippen LogP contribution >= 0.6 is 0 Å². The van der Waals surface area contributed by atoms with E-state index in [1.54, 1.807) is 10.9 Å². The molecule has 2 saturated carbocycles. The molecule has 0 spiro atoms. The molecule has 1 aliphatic heterocycles. The Kier molecular flexibility index (Phi) is 5.27. The zero-order chi connectivity index (χ0) is 22.3.